The van der Waals surface area contributed by atoms with E-state index in [1.807, 2.05) is 0 Å². The van der Waals surface area contributed by atoms with E-state index in [1.54, 1.807) is 0 Å². The number of carbonyl (C=O) groups excluding carboxylic acids is 1. The van der Waals surface area contributed by atoms with E-state index in [0.29, 0.717) is 17.9 Å². The smallest absolute Gasteiger partial charge is 0.315 e. The molecule has 1 unspecified atom stereocenters. The van der Waals surface area contributed by atoms with Crippen LogP contribution >= 0.6 is 0 Å². The van der Waals surface area contributed by atoms with Crippen LogP contribution in [0.1, 0.15) is 78.6 Å². The third-order valence-corrected chi connectivity index (χ3v) is 10.9. The Morgan fingerprint density at radius 1 is 1.19 bits per heavy atom. The zero-order valence-electron chi connectivity index (χ0n) is 19.9. The van der Waals surface area contributed by atoms with Gasteiger partial charge in [0.25, 0.3) is 0 Å². The molecule has 4 fully saturated rings. The molecule has 0 heterocycles. The summed E-state index contributed by atoms with van der Waals surface area (Å²) >= 11 is 0. The molecule has 5 aliphatic rings. The van der Waals surface area contributed by atoms with Crippen molar-refractivity contribution < 1.29 is 14.7 Å². The van der Waals surface area contributed by atoms with Crippen molar-refractivity contribution >= 4 is 12.3 Å². The molecule has 0 aromatic rings. The second kappa shape index (κ2) is 7.17. The Morgan fingerprint density at radius 3 is 2.52 bits per heavy atom. The fraction of sp³-hybridized carbons (Fsp3) is 0.852. The van der Waals surface area contributed by atoms with Gasteiger partial charge in [-0.1, -0.05) is 58.1 Å². The maximum atomic E-state index is 13.5. The van der Waals surface area contributed by atoms with Crippen LogP contribution in [-0.4, -0.2) is 41.9 Å². The summed E-state index contributed by atoms with van der Waals surface area (Å²) in [6.45, 7) is 7.45. The van der Waals surface area contributed by atoms with Gasteiger partial charge < -0.3 is 14.8 Å². The van der Waals surface area contributed by atoms with Crippen LogP contribution in [-0.2, 0) is 9.59 Å². The Morgan fingerprint density at radius 2 is 1.90 bits per heavy atom. The van der Waals surface area contributed by atoms with E-state index in [-0.39, 0.29) is 23.2 Å². The minimum atomic E-state index is -1.02. The molecule has 4 heteroatoms. The average molecular weight is 428 g/mol. The lowest BCUT2D eigenvalue weighted by Gasteiger charge is -2.59. The molecular formula is C27H41NO3. The summed E-state index contributed by atoms with van der Waals surface area (Å²) < 4.78 is 0. The molecule has 7 atom stereocenters. The molecule has 172 valence electrons. The lowest BCUT2D eigenvalue weighted by molar-refractivity contribution is -0.182. The SMILES string of the molecule is CC(C)C1=C[C@H]2C[C@]3(C=O)[C@@H]4CC[C@@H](C)[C@H]4CC2(CN(C)C2CCCCC2)[C@]13C(=O)O. The number of carboxylic acid groups (broad SMARTS) is 1. The first kappa shape index (κ1) is 21.7. The highest BCUT2D eigenvalue weighted by Gasteiger charge is 2.84. The predicted octanol–water partition coefficient (Wildman–Crippen LogP) is 5.18. The molecule has 5 aliphatic carbocycles. The monoisotopic (exact) mass is 427 g/mol. The van der Waals surface area contributed by atoms with Crippen LogP contribution in [0.4, 0.5) is 0 Å². The van der Waals surface area contributed by atoms with Crippen molar-refractivity contribution in [3.8, 4) is 0 Å². The van der Waals surface area contributed by atoms with Crippen molar-refractivity contribution in [2.45, 2.75) is 84.6 Å². The number of aldehydes is 1. The molecule has 4 saturated carbocycles. The van der Waals surface area contributed by atoms with Gasteiger partial charge in [0.1, 0.15) is 11.7 Å². The van der Waals surface area contributed by atoms with Crippen LogP contribution in [0, 0.1) is 45.8 Å². The third kappa shape index (κ3) is 2.46. The van der Waals surface area contributed by atoms with E-state index in [4.69, 9.17) is 0 Å². The summed E-state index contributed by atoms with van der Waals surface area (Å²) in [6.07, 6.45) is 13.7. The summed E-state index contributed by atoms with van der Waals surface area (Å²) in [5, 5.41) is 11.1. The highest BCUT2D eigenvalue weighted by atomic mass is 16.4. The number of nitrogens with zero attached hydrogens (tertiary/aromatic N) is 1. The number of hydrogen-bond acceptors (Lipinski definition) is 3. The maximum absolute atomic E-state index is 13.5. The Hall–Kier alpha value is -1.16. The summed E-state index contributed by atoms with van der Waals surface area (Å²) in [7, 11) is 2.24. The second-order valence-electron chi connectivity index (χ2n) is 12.2. The van der Waals surface area contributed by atoms with Gasteiger partial charge in [-0.3, -0.25) is 4.79 Å². The zero-order chi connectivity index (χ0) is 22.2. The number of allylic oxidation sites excluding steroid dienone is 1. The van der Waals surface area contributed by atoms with Gasteiger partial charge >= 0.3 is 5.97 Å². The first-order valence-corrected chi connectivity index (χ1v) is 12.9. The quantitative estimate of drug-likeness (QED) is 0.469. The molecule has 31 heavy (non-hydrogen) atoms. The highest BCUT2D eigenvalue weighted by molar-refractivity contribution is 5.90. The van der Waals surface area contributed by atoms with E-state index < -0.39 is 16.8 Å². The van der Waals surface area contributed by atoms with Gasteiger partial charge in [-0.2, -0.15) is 0 Å². The lowest BCUT2D eigenvalue weighted by atomic mass is 9.42. The van der Waals surface area contributed by atoms with Gasteiger partial charge in [0, 0.05) is 18.0 Å². The Bertz CT molecular complexity index is 798. The normalized spacial score (nSPS) is 46.5. The van der Waals surface area contributed by atoms with Gasteiger partial charge in [0.05, 0.1) is 5.41 Å². The first-order valence-electron chi connectivity index (χ1n) is 12.9. The second-order valence-corrected chi connectivity index (χ2v) is 12.2. The molecule has 0 aliphatic heterocycles. The van der Waals surface area contributed by atoms with E-state index >= 15 is 0 Å². The van der Waals surface area contributed by atoms with Crippen molar-refractivity contribution in [1.82, 2.24) is 4.90 Å². The molecule has 0 saturated heterocycles. The van der Waals surface area contributed by atoms with Crippen LogP contribution in [0.3, 0.4) is 0 Å². The topological polar surface area (TPSA) is 57.6 Å². The fourth-order valence-electron chi connectivity index (χ4n) is 9.76. The van der Waals surface area contributed by atoms with Crippen molar-refractivity contribution in [2.24, 2.45) is 45.8 Å². The number of fused-ring (bicyclic) bond motifs is 2. The van der Waals surface area contributed by atoms with Gasteiger partial charge in [-0.25, -0.2) is 0 Å². The summed E-state index contributed by atoms with van der Waals surface area (Å²) in [4.78, 5) is 29.1. The van der Waals surface area contributed by atoms with E-state index in [9.17, 15) is 14.7 Å². The van der Waals surface area contributed by atoms with Crippen molar-refractivity contribution in [2.75, 3.05) is 13.6 Å². The summed E-state index contributed by atoms with van der Waals surface area (Å²) in [5.41, 5.74) is -1.02. The number of hydrogen-bond donors (Lipinski definition) is 1. The van der Waals surface area contributed by atoms with Gasteiger partial charge in [-0.15, -0.1) is 0 Å². The summed E-state index contributed by atoms with van der Waals surface area (Å²) in [5.74, 6) is 0.980. The maximum Gasteiger partial charge on any atom is 0.315 e. The number of carboxylic acids is 1. The molecule has 1 N–H and O–H groups in total. The van der Waals surface area contributed by atoms with Gasteiger partial charge in [0.2, 0.25) is 0 Å². The van der Waals surface area contributed by atoms with Crippen LogP contribution in [0.2, 0.25) is 0 Å². The Balaban J connectivity index is 1.66. The fourth-order valence-corrected chi connectivity index (χ4v) is 9.76. The van der Waals surface area contributed by atoms with E-state index in [0.717, 1.165) is 44.1 Å². The van der Waals surface area contributed by atoms with E-state index in [2.05, 4.69) is 38.8 Å². The van der Waals surface area contributed by atoms with Crippen LogP contribution in [0.25, 0.3) is 0 Å². The number of carbonyl (C=O) groups is 2. The van der Waals surface area contributed by atoms with E-state index in [1.165, 1.54) is 32.1 Å². The van der Waals surface area contributed by atoms with Crippen molar-refractivity contribution in [3.05, 3.63) is 11.6 Å². The van der Waals surface area contributed by atoms with Crippen LogP contribution < -0.4 is 0 Å². The average Bonchev–Trinajstić information content (AvgIpc) is 3.31. The molecule has 4 nitrogen and oxygen atoms in total. The molecule has 5 rings (SSSR count). The third-order valence-electron chi connectivity index (χ3n) is 10.9. The minimum absolute atomic E-state index is 0.162. The van der Waals surface area contributed by atoms with Crippen LogP contribution in [0.15, 0.2) is 11.6 Å². The standard InChI is InChI=1S/C27H41NO3/c1-17(2)23-12-19-13-26(16-29)22-11-10-18(3)21(22)14-25(19,27(23,26)24(30)31)15-28(4)20-8-6-5-7-9-20/h12,16-22H,5-11,13-15H2,1-4H3,(H,30,31)/t18-,19+,21-,22-,25?,26+,27-/m1/s1. The first-order chi connectivity index (χ1) is 14.7. The Labute approximate surface area is 187 Å². The summed E-state index contributed by atoms with van der Waals surface area (Å²) in [6, 6.07) is 0.556. The lowest BCUT2D eigenvalue weighted by Crippen LogP contribution is -2.65. The van der Waals surface area contributed by atoms with Gasteiger partial charge in [0.15, 0.2) is 0 Å². The molecule has 0 aromatic heterocycles. The molecule has 4 bridgehead atoms. The predicted molar refractivity (Wildman–Crippen MR) is 122 cm³/mol. The zero-order valence-corrected chi connectivity index (χ0v) is 19.9. The molecule has 0 aromatic carbocycles. The molecule has 0 spiro atoms. The number of aliphatic carboxylic acids is 1. The van der Waals surface area contributed by atoms with Crippen LogP contribution in [0.5, 0.6) is 0 Å². The molecule has 0 amide bonds. The van der Waals surface area contributed by atoms with Gasteiger partial charge in [-0.05, 0) is 68.7 Å². The minimum Gasteiger partial charge on any atom is -0.481 e. The van der Waals surface area contributed by atoms with Crippen molar-refractivity contribution in [1.29, 1.82) is 0 Å². The van der Waals surface area contributed by atoms with Crippen molar-refractivity contribution in [3.63, 3.8) is 0 Å². The Kier molecular flexibility index (Phi) is 5.01. The largest absolute Gasteiger partial charge is 0.481 e. The molecule has 0 radical (unpaired) electrons. The molecular weight excluding hydrogens is 386 g/mol. The number of rotatable bonds is 6. The highest BCUT2D eigenvalue weighted by Crippen LogP contribution is 2.82.